The lowest BCUT2D eigenvalue weighted by atomic mass is 9.94. The van der Waals surface area contributed by atoms with E-state index in [0.717, 1.165) is 44.5 Å². The Kier molecular flexibility index (Phi) is 4.22. The number of rotatable bonds is 2. The number of hydrogen-bond acceptors (Lipinski definition) is 2. The van der Waals surface area contributed by atoms with E-state index in [-0.39, 0.29) is 5.56 Å². The summed E-state index contributed by atoms with van der Waals surface area (Å²) in [4.78, 5) is 2.04. The largest absolute Gasteiger partial charge is 0.416 e. The maximum atomic E-state index is 12.7. The molecule has 0 amide bonds. The van der Waals surface area contributed by atoms with Crippen molar-refractivity contribution < 1.29 is 13.2 Å². The Morgan fingerprint density at radius 1 is 1.40 bits per heavy atom. The molecule has 5 heteroatoms. The van der Waals surface area contributed by atoms with Gasteiger partial charge < -0.3 is 4.90 Å². The number of anilines is 1. The summed E-state index contributed by atoms with van der Waals surface area (Å²) in [7, 11) is 0. The maximum absolute atomic E-state index is 12.7. The first-order chi connectivity index (χ1) is 9.45. The second kappa shape index (κ2) is 5.74. The van der Waals surface area contributed by atoms with Crippen molar-refractivity contribution in [2.45, 2.75) is 32.4 Å². The maximum Gasteiger partial charge on any atom is 0.416 e. The van der Waals surface area contributed by atoms with Crippen molar-refractivity contribution in [2.24, 2.45) is 5.92 Å². The van der Waals surface area contributed by atoms with Crippen LogP contribution in [0.4, 0.5) is 18.9 Å². The van der Waals surface area contributed by atoms with E-state index < -0.39 is 11.7 Å². The van der Waals surface area contributed by atoms with Crippen LogP contribution in [0, 0.1) is 17.2 Å². The van der Waals surface area contributed by atoms with Crippen molar-refractivity contribution in [3.63, 3.8) is 0 Å². The summed E-state index contributed by atoms with van der Waals surface area (Å²) in [5.74, 6) is 0.553. The zero-order valence-electron chi connectivity index (χ0n) is 11.4. The predicted octanol–water partition coefficient (Wildman–Crippen LogP) is 4.20. The van der Waals surface area contributed by atoms with E-state index in [1.54, 1.807) is 0 Å². The average Bonchev–Trinajstić information content (AvgIpc) is 2.45. The third-order valence-electron chi connectivity index (χ3n) is 3.88. The zero-order valence-corrected chi connectivity index (χ0v) is 11.4. The summed E-state index contributed by atoms with van der Waals surface area (Å²) in [6.45, 7) is 3.74. The molecule has 1 aromatic carbocycles. The lowest BCUT2D eigenvalue weighted by Crippen LogP contribution is -2.35. The van der Waals surface area contributed by atoms with Gasteiger partial charge in [0.15, 0.2) is 0 Å². The van der Waals surface area contributed by atoms with Gasteiger partial charge in [0.05, 0.1) is 16.8 Å². The Morgan fingerprint density at radius 2 is 2.15 bits per heavy atom. The van der Waals surface area contributed by atoms with Crippen LogP contribution in [0.5, 0.6) is 0 Å². The Bertz CT molecular complexity index is 517. The molecule has 2 nitrogen and oxygen atoms in total. The Balaban J connectivity index is 2.30. The van der Waals surface area contributed by atoms with E-state index in [9.17, 15) is 13.2 Å². The van der Waals surface area contributed by atoms with Gasteiger partial charge >= 0.3 is 6.18 Å². The first kappa shape index (κ1) is 14.7. The summed E-state index contributed by atoms with van der Waals surface area (Å²) in [6, 6.07) is 5.34. The molecule has 1 aliphatic heterocycles. The normalized spacial score (nSPS) is 19.8. The van der Waals surface area contributed by atoms with Crippen LogP contribution in [-0.4, -0.2) is 13.1 Å². The highest BCUT2D eigenvalue weighted by Crippen LogP contribution is 2.34. The summed E-state index contributed by atoms with van der Waals surface area (Å²) in [6.07, 6.45) is -1.18. The topological polar surface area (TPSA) is 27.0 Å². The number of benzene rings is 1. The Labute approximate surface area is 116 Å². The Hall–Kier alpha value is -1.70. The van der Waals surface area contributed by atoms with Crippen LogP contribution in [0.2, 0.25) is 0 Å². The summed E-state index contributed by atoms with van der Waals surface area (Å²) in [5, 5.41) is 9.12. The molecule has 1 atom stereocenters. The fourth-order valence-corrected chi connectivity index (χ4v) is 2.69. The van der Waals surface area contributed by atoms with Gasteiger partial charge in [0.25, 0.3) is 0 Å². The van der Waals surface area contributed by atoms with Crippen molar-refractivity contribution in [3.8, 4) is 6.07 Å². The van der Waals surface area contributed by atoms with E-state index in [2.05, 4.69) is 6.92 Å². The predicted molar refractivity (Wildman–Crippen MR) is 71.4 cm³/mol. The van der Waals surface area contributed by atoms with Crippen LogP contribution in [-0.2, 0) is 6.18 Å². The molecule has 20 heavy (non-hydrogen) atoms. The zero-order chi connectivity index (χ0) is 14.8. The number of piperidine rings is 1. The van der Waals surface area contributed by atoms with Gasteiger partial charge in [0.1, 0.15) is 6.07 Å². The molecule has 1 aliphatic rings. The monoisotopic (exact) mass is 282 g/mol. The second-order valence-electron chi connectivity index (χ2n) is 5.20. The second-order valence-corrected chi connectivity index (χ2v) is 5.20. The van der Waals surface area contributed by atoms with E-state index in [1.807, 2.05) is 11.0 Å². The molecular formula is C15H17F3N2. The number of halogens is 3. The molecular weight excluding hydrogens is 265 g/mol. The molecule has 0 saturated carbocycles. The lowest BCUT2D eigenvalue weighted by Gasteiger charge is -2.34. The highest BCUT2D eigenvalue weighted by Gasteiger charge is 2.31. The van der Waals surface area contributed by atoms with Gasteiger partial charge in [-0.05, 0) is 37.0 Å². The minimum atomic E-state index is -4.40. The SMILES string of the molecule is CCC1CCCN(c2ccc(C(F)(F)F)cc2C#N)C1. The van der Waals surface area contributed by atoms with Crippen molar-refractivity contribution in [1.29, 1.82) is 5.26 Å². The minimum Gasteiger partial charge on any atom is -0.370 e. The molecule has 1 aromatic rings. The highest BCUT2D eigenvalue weighted by molar-refractivity contribution is 5.61. The molecule has 1 heterocycles. The average molecular weight is 282 g/mol. The van der Waals surface area contributed by atoms with E-state index in [4.69, 9.17) is 5.26 Å². The number of alkyl halides is 3. The van der Waals surface area contributed by atoms with Crippen molar-refractivity contribution >= 4 is 5.69 Å². The van der Waals surface area contributed by atoms with Crippen LogP contribution in [0.1, 0.15) is 37.3 Å². The van der Waals surface area contributed by atoms with Gasteiger partial charge in [0, 0.05) is 13.1 Å². The number of nitrogens with zero attached hydrogens (tertiary/aromatic N) is 2. The first-order valence-electron chi connectivity index (χ1n) is 6.82. The highest BCUT2D eigenvalue weighted by atomic mass is 19.4. The van der Waals surface area contributed by atoms with Crippen LogP contribution in [0.25, 0.3) is 0 Å². The standard InChI is InChI=1S/C15H17F3N2/c1-2-11-4-3-7-20(10-11)14-6-5-13(15(16,17)18)8-12(14)9-19/h5-6,8,11H,2-4,7,10H2,1H3. The molecule has 0 bridgehead atoms. The first-order valence-corrected chi connectivity index (χ1v) is 6.82. The van der Waals surface area contributed by atoms with Crippen molar-refractivity contribution in [1.82, 2.24) is 0 Å². The van der Waals surface area contributed by atoms with Gasteiger partial charge in [0.2, 0.25) is 0 Å². The molecule has 0 aromatic heterocycles. The van der Waals surface area contributed by atoms with E-state index in [0.29, 0.717) is 11.6 Å². The van der Waals surface area contributed by atoms with Gasteiger partial charge in [-0.3, -0.25) is 0 Å². The van der Waals surface area contributed by atoms with Crippen LogP contribution in [0.3, 0.4) is 0 Å². The molecule has 0 N–H and O–H groups in total. The number of nitriles is 1. The fourth-order valence-electron chi connectivity index (χ4n) is 2.69. The fraction of sp³-hybridized carbons (Fsp3) is 0.533. The minimum absolute atomic E-state index is 0.108. The van der Waals surface area contributed by atoms with Crippen LogP contribution in [0.15, 0.2) is 18.2 Å². The van der Waals surface area contributed by atoms with Crippen molar-refractivity contribution in [2.75, 3.05) is 18.0 Å². The molecule has 2 rings (SSSR count). The van der Waals surface area contributed by atoms with Gasteiger partial charge in [-0.15, -0.1) is 0 Å². The van der Waals surface area contributed by atoms with E-state index >= 15 is 0 Å². The molecule has 1 saturated heterocycles. The van der Waals surface area contributed by atoms with Crippen LogP contribution < -0.4 is 4.90 Å². The molecule has 1 unspecified atom stereocenters. The number of hydrogen-bond donors (Lipinski definition) is 0. The molecule has 0 aliphatic carbocycles. The molecule has 0 radical (unpaired) electrons. The van der Waals surface area contributed by atoms with Gasteiger partial charge in [-0.25, -0.2) is 0 Å². The van der Waals surface area contributed by atoms with E-state index in [1.165, 1.54) is 6.07 Å². The summed E-state index contributed by atoms with van der Waals surface area (Å²) in [5.41, 5.74) is -0.0305. The lowest BCUT2D eigenvalue weighted by molar-refractivity contribution is -0.137. The molecule has 1 fully saturated rings. The third kappa shape index (κ3) is 3.06. The smallest absolute Gasteiger partial charge is 0.370 e. The van der Waals surface area contributed by atoms with Gasteiger partial charge in [-0.1, -0.05) is 13.3 Å². The molecule has 108 valence electrons. The quantitative estimate of drug-likeness (QED) is 0.812. The summed E-state index contributed by atoms with van der Waals surface area (Å²) < 4.78 is 38.0. The Morgan fingerprint density at radius 3 is 2.75 bits per heavy atom. The van der Waals surface area contributed by atoms with Gasteiger partial charge in [-0.2, -0.15) is 18.4 Å². The van der Waals surface area contributed by atoms with Crippen molar-refractivity contribution in [3.05, 3.63) is 29.3 Å². The van der Waals surface area contributed by atoms with Crippen LogP contribution >= 0.6 is 0 Å². The third-order valence-corrected chi connectivity index (χ3v) is 3.88. The summed E-state index contributed by atoms with van der Waals surface area (Å²) >= 11 is 0. The molecule has 0 spiro atoms.